The molecule has 2 rings (SSSR count). The van der Waals surface area contributed by atoms with Crippen molar-refractivity contribution in [1.82, 2.24) is 0 Å². The zero-order valence-corrected chi connectivity index (χ0v) is 7.30. The van der Waals surface area contributed by atoms with E-state index in [4.69, 9.17) is 5.73 Å². The number of rotatable bonds is 0. The Labute approximate surface area is 72.8 Å². The van der Waals surface area contributed by atoms with Crippen LogP contribution in [0.4, 0.5) is 5.69 Å². The predicted molar refractivity (Wildman–Crippen MR) is 51.3 cm³/mol. The van der Waals surface area contributed by atoms with Crippen LogP contribution >= 0.6 is 0 Å². The molecule has 1 aliphatic rings. The SMILES string of the molecule is Cc1ccc2c(c1)C[C@@H](N)CN2. The molecule has 0 aliphatic carbocycles. The first-order valence-electron chi connectivity index (χ1n) is 4.34. The van der Waals surface area contributed by atoms with Gasteiger partial charge in [-0.05, 0) is 25.0 Å². The van der Waals surface area contributed by atoms with Gasteiger partial charge in [0, 0.05) is 18.3 Å². The first kappa shape index (κ1) is 7.62. The highest BCUT2D eigenvalue weighted by atomic mass is 14.9. The van der Waals surface area contributed by atoms with Crippen molar-refractivity contribution >= 4 is 5.69 Å². The molecule has 0 saturated carbocycles. The predicted octanol–water partition coefficient (Wildman–Crippen LogP) is 1.29. The molecule has 1 aromatic carbocycles. The minimum absolute atomic E-state index is 0.277. The van der Waals surface area contributed by atoms with Crippen molar-refractivity contribution in [3.8, 4) is 0 Å². The number of nitrogens with two attached hydrogens (primary N) is 1. The van der Waals surface area contributed by atoms with Gasteiger partial charge >= 0.3 is 0 Å². The summed E-state index contributed by atoms with van der Waals surface area (Å²) in [4.78, 5) is 0. The van der Waals surface area contributed by atoms with E-state index in [0.717, 1.165) is 13.0 Å². The molecule has 2 heteroatoms. The number of fused-ring (bicyclic) bond motifs is 1. The summed E-state index contributed by atoms with van der Waals surface area (Å²) in [6.07, 6.45) is 1.00. The third kappa shape index (κ3) is 1.30. The lowest BCUT2D eigenvalue weighted by Gasteiger charge is -2.23. The van der Waals surface area contributed by atoms with Crippen molar-refractivity contribution in [3.05, 3.63) is 29.3 Å². The second kappa shape index (κ2) is 2.79. The standard InChI is InChI=1S/C10H14N2/c1-7-2-3-10-8(4-7)5-9(11)6-12-10/h2-4,9,12H,5-6,11H2,1H3/t9-/m1/s1. The van der Waals surface area contributed by atoms with Crippen LogP contribution in [-0.2, 0) is 6.42 Å². The van der Waals surface area contributed by atoms with Crippen LogP contribution in [0.25, 0.3) is 0 Å². The second-order valence-corrected chi connectivity index (χ2v) is 3.51. The monoisotopic (exact) mass is 162 g/mol. The van der Waals surface area contributed by atoms with Gasteiger partial charge < -0.3 is 11.1 Å². The van der Waals surface area contributed by atoms with Crippen LogP contribution in [0.5, 0.6) is 0 Å². The maximum atomic E-state index is 5.84. The van der Waals surface area contributed by atoms with Crippen LogP contribution in [-0.4, -0.2) is 12.6 Å². The molecule has 1 aromatic rings. The Morgan fingerprint density at radius 3 is 3.17 bits per heavy atom. The third-order valence-corrected chi connectivity index (χ3v) is 2.30. The summed E-state index contributed by atoms with van der Waals surface area (Å²) in [6, 6.07) is 6.75. The number of hydrogen-bond donors (Lipinski definition) is 2. The quantitative estimate of drug-likeness (QED) is 0.603. The fourth-order valence-electron chi connectivity index (χ4n) is 1.66. The van der Waals surface area contributed by atoms with Crippen LogP contribution in [0.1, 0.15) is 11.1 Å². The topological polar surface area (TPSA) is 38.0 Å². The van der Waals surface area contributed by atoms with E-state index in [1.54, 1.807) is 0 Å². The molecule has 3 N–H and O–H groups in total. The number of anilines is 1. The number of aryl methyl sites for hydroxylation is 1. The Balaban J connectivity index is 2.37. The molecule has 0 amide bonds. The Morgan fingerprint density at radius 2 is 2.33 bits per heavy atom. The molecule has 1 atom stereocenters. The molecule has 0 unspecified atom stereocenters. The van der Waals surface area contributed by atoms with Crippen LogP contribution in [0, 0.1) is 6.92 Å². The summed E-state index contributed by atoms with van der Waals surface area (Å²) in [5.74, 6) is 0. The highest BCUT2D eigenvalue weighted by Gasteiger charge is 2.13. The Kier molecular flexibility index (Phi) is 1.77. The minimum atomic E-state index is 0.277. The van der Waals surface area contributed by atoms with E-state index in [1.807, 2.05) is 0 Å². The highest BCUT2D eigenvalue weighted by Crippen LogP contribution is 2.21. The summed E-state index contributed by atoms with van der Waals surface area (Å²) < 4.78 is 0. The molecule has 0 saturated heterocycles. The molecule has 0 bridgehead atoms. The molecule has 0 aromatic heterocycles. The van der Waals surface area contributed by atoms with Crippen LogP contribution in [0.2, 0.25) is 0 Å². The summed E-state index contributed by atoms with van der Waals surface area (Å²) in [7, 11) is 0. The maximum Gasteiger partial charge on any atom is 0.0374 e. The van der Waals surface area contributed by atoms with Gasteiger partial charge in [0.2, 0.25) is 0 Å². The molecular formula is C10H14N2. The van der Waals surface area contributed by atoms with Crippen molar-refractivity contribution in [3.63, 3.8) is 0 Å². The lowest BCUT2D eigenvalue weighted by atomic mass is 9.99. The first-order chi connectivity index (χ1) is 5.75. The lowest BCUT2D eigenvalue weighted by Crippen LogP contribution is -2.35. The first-order valence-corrected chi connectivity index (χ1v) is 4.34. The van der Waals surface area contributed by atoms with E-state index in [2.05, 4.69) is 30.4 Å². The van der Waals surface area contributed by atoms with Crippen molar-refractivity contribution in [1.29, 1.82) is 0 Å². The summed E-state index contributed by atoms with van der Waals surface area (Å²) in [5.41, 5.74) is 9.75. The van der Waals surface area contributed by atoms with E-state index in [0.29, 0.717) is 0 Å². The molecule has 64 valence electrons. The highest BCUT2D eigenvalue weighted by molar-refractivity contribution is 5.54. The van der Waals surface area contributed by atoms with Gasteiger partial charge in [-0.3, -0.25) is 0 Å². The van der Waals surface area contributed by atoms with Gasteiger partial charge in [0.25, 0.3) is 0 Å². The fraction of sp³-hybridized carbons (Fsp3) is 0.400. The van der Waals surface area contributed by atoms with Crippen LogP contribution in [0.3, 0.4) is 0 Å². The van der Waals surface area contributed by atoms with Gasteiger partial charge in [-0.2, -0.15) is 0 Å². The molecule has 1 aliphatic heterocycles. The van der Waals surface area contributed by atoms with Gasteiger partial charge in [0.1, 0.15) is 0 Å². The maximum absolute atomic E-state index is 5.84. The average Bonchev–Trinajstić information content (AvgIpc) is 2.03. The zero-order valence-electron chi connectivity index (χ0n) is 7.30. The Hall–Kier alpha value is -1.02. The van der Waals surface area contributed by atoms with Crippen molar-refractivity contribution < 1.29 is 0 Å². The molecule has 0 fully saturated rings. The van der Waals surface area contributed by atoms with E-state index < -0.39 is 0 Å². The van der Waals surface area contributed by atoms with E-state index in [1.165, 1.54) is 16.8 Å². The van der Waals surface area contributed by atoms with Crippen LogP contribution in [0.15, 0.2) is 18.2 Å². The summed E-state index contributed by atoms with van der Waals surface area (Å²) in [5, 5.41) is 3.31. The fourth-order valence-corrected chi connectivity index (χ4v) is 1.66. The molecule has 2 nitrogen and oxygen atoms in total. The summed E-state index contributed by atoms with van der Waals surface area (Å²) >= 11 is 0. The van der Waals surface area contributed by atoms with E-state index in [-0.39, 0.29) is 6.04 Å². The molecular weight excluding hydrogens is 148 g/mol. The molecule has 1 heterocycles. The molecule has 12 heavy (non-hydrogen) atoms. The smallest absolute Gasteiger partial charge is 0.0374 e. The van der Waals surface area contributed by atoms with Gasteiger partial charge in [-0.25, -0.2) is 0 Å². The minimum Gasteiger partial charge on any atom is -0.383 e. The lowest BCUT2D eigenvalue weighted by molar-refractivity contribution is 0.679. The van der Waals surface area contributed by atoms with Crippen molar-refractivity contribution in [2.45, 2.75) is 19.4 Å². The zero-order chi connectivity index (χ0) is 8.55. The van der Waals surface area contributed by atoms with Crippen molar-refractivity contribution in [2.75, 3.05) is 11.9 Å². The summed E-state index contributed by atoms with van der Waals surface area (Å²) in [6.45, 7) is 3.01. The number of benzene rings is 1. The third-order valence-electron chi connectivity index (χ3n) is 2.30. The van der Waals surface area contributed by atoms with E-state index in [9.17, 15) is 0 Å². The molecule has 0 spiro atoms. The van der Waals surface area contributed by atoms with Gasteiger partial charge in [0.05, 0.1) is 0 Å². The van der Waals surface area contributed by atoms with Gasteiger partial charge in [-0.1, -0.05) is 17.7 Å². The molecule has 0 radical (unpaired) electrons. The van der Waals surface area contributed by atoms with Crippen LogP contribution < -0.4 is 11.1 Å². The second-order valence-electron chi connectivity index (χ2n) is 3.51. The Bertz CT molecular complexity index is 294. The number of hydrogen-bond acceptors (Lipinski definition) is 2. The largest absolute Gasteiger partial charge is 0.383 e. The van der Waals surface area contributed by atoms with E-state index >= 15 is 0 Å². The van der Waals surface area contributed by atoms with Crippen molar-refractivity contribution in [2.24, 2.45) is 5.73 Å². The normalized spacial score (nSPS) is 21.3. The number of nitrogens with one attached hydrogen (secondary N) is 1. The van der Waals surface area contributed by atoms with Gasteiger partial charge in [0.15, 0.2) is 0 Å². The van der Waals surface area contributed by atoms with Gasteiger partial charge in [-0.15, -0.1) is 0 Å². The Morgan fingerprint density at radius 1 is 1.50 bits per heavy atom. The average molecular weight is 162 g/mol.